The number of hydroxylamine groups is 1. The highest BCUT2D eigenvalue weighted by molar-refractivity contribution is 5.87. The average molecular weight is 607 g/mol. The molecule has 1 saturated carbocycles. The van der Waals surface area contributed by atoms with Crippen LogP contribution in [0, 0.1) is 10.8 Å². The number of phenolic OH excluding ortho intramolecular Hbond substituents is 1. The van der Waals surface area contributed by atoms with E-state index in [0.717, 1.165) is 32.2 Å². The monoisotopic (exact) mass is 606 g/mol. The molecule has 1 aliphatic carbocycles. The number of phenols is 1. The molecule has 0 bridgehead atoms. The number of anilines is 1. The zero-order valence-electron chi connectivity index (χ0n) is 27.5. The summed E-state index contributed by atoms with van der Waals surface area (Å²) >= 11 is 0. The minimum atomic E-state index is -0.0837. The molecule has 0 amide bonds. The molecule has 10 rings (SSSR count). The van der Waals surface area contributed by atoms with Gasteiger partial charge in [0.05, 0.1) is 30.9 Å². The van der Waals surface area contributed by atoms with E-state index < -0.39 is 0 Å². The van der Waals surface area contributed by atoms with E-state index in [-0.39, 0.29) is 22.9 Å². The molecule has 3 saturated heterocycles. The molecule has 1 spiro atoms. The van der Waals surface area contributed by atoms with Gasteiger partial charge >= 0.3 is 0 Å². The van der Waals surface area contributed by atoms with Crippen molar-refractivity contribution < 1.29 is 9.94 Å². The number of hydrogen-bond donors (Lipinski definition) is 1. The number of aromatic hydroxyl groups is 1. The molecule has 2 aromatic carbocycles. The second-order valence-electron chi connectivity index (χ2n) is 16.0. The molecular weight excluding hydrogens is 556 g/mol. The number of fused-ring (bicyclic) bond motifs is 4. The Morgan fingerprint density at radius 3 is 2.51 bits per heavy atom. The number of aromatic nitrogens is 1. The number of rotatable bonds is 4. The Bertz CT molecular complexity index is 1710. The lowest BCUT2D eigenvalue weighted by atomic mass is 9.52. The lowest BCUT2D eigenvalue weighted by Gasteiger charge is -2.58. The third kappa shape index (κ3) is 3.14. The molecule has 45 heavy (non-hydrogen) atoms. The van der Waals surface area contributed by atoms with E-state index in [1.54, 1.807) is 11.3 Å². The molecule has 6 heteroatoms. The van der Waals surface area contributed by atoms with Gasteiger partial charge in [-0.2, -0.15) is 0 Å². The first kappa shape index (κ1) is 27.6. The van der Waals surface area contributed by atoms with Gasteiger partial charge in [-0.25, -0.2) is 5.06 Å². The summed E-state index contributed by atoms with van der Waals surface area (Å²) in [4.78, 5) is 12.2. The molecule has 6 aliphatic heterocycles. The Hall–Kier alpha value is -2.54. The highest BCUT2D eigenvalue weighted by Crippen LogP contribution is 2.69. The highest BCUT2D eigenvalue weighted by Gasteiger charge is 2.69. The van der Waals surface area contributed by atoms with Gasteiger partial charge in [-0.15, -0.1) is 0 Å². The van der Waals surface area contributed by atoms with Crippen LogP contribution in [0.1, 0.15) is 113 Å². The standard InChI is InChI=1S/C39H50N4O2/c1-4-37-16-8-21-41-23-19-39(36(37)41)31(14-18-37)43(45-3)33-27(12-13-30(44)32(33)39)29-24-38(5-2)17-9-20-40-22-15-26-25-10-6-7-11-28(25)42(29)34(26)35(38)40/h6-7,10-13,29,31,35-36,44H,4-5,8-9,14-24H2,1-3H3. The van der Waals surface area contributed by atoms with E-state index in [9.17, 15) is 5.11 Å². The van der Waals surface area contributed by atoms with Gasteiger partial charge in [0.1, 0.15) is 5.75 Å². The molecule has 238 valence electrons. The number of benzene rings is 2. The largest absolute Gasteiger partial charge is 0.508 e. The minimum Gasteiger partial charge on any atom is -0.508 e. The zero-order chi connectivity index (χ0) is 30.3. The van der Waals surface area contributed by atoms with Gasteiger partial charge in [0.25, 0.3) is 0 Å². The van der Waals surface area contributed by atoms with Crippen LogP contribution >= 0.6 is 0 Å². The topological polar surface area (TPSA) is 44.1 Å². The maximum absolute atomic E-state index is 12.1. The third-order valence-electron chi connectivity index (χ3n) is 14.9. The Labute approximate surface area is 268 Å². The zero-order valence-corrected chi connectivity index (χ0v) is 27.5. The molecule has 7 atom stereocenters. The van der Waals surface area contributed by atoms with Crippen molar-refractivity contribution in [3.8, 4) is 5.75 Å². The van der Waals surface area contributed by atoms with Crippen molar-refractivity contribution in [3.63, 3.8) is 0 Å². The van der Waals surface area contributed by atoms with Crippen molar-refractivity contribution in [2.45, 2.75) is 114 Å². The Morgan fingerprint density at radius 1 is 0.889 bits per heavy atom. The first-order chi connectivity index (χ1) is 22.0. The summed E-state index contributed by atoms with van der Waals surface area (Å²) in [6, 6.07) is 15.1. The minimum absolute atomic E-state index is 0.0837. The lowest BCUT2D eigenvalue weighted by molar-refractivity contribution is -0.0472. The molecule has 7 unspecified atom stereocenters. The van der Waals surface area contributed by atoms with Gasteiger partial charge in [-0.05, 0) is 119 Å². The highest BCUT2D eigenvalue weighted by atomic mass is 16.7. The SMILES string of the molecule is CCC12CCCN3CCc4c(n(c5ccccc45)C(c4ccc(O)c5c4N(OC)C4CCC6(CC)CCCN7CCC54C76)C1)C32. The van der Waals surface area contributed by atoms with Crippen LogP contribution in [-0.4, -0.2) is 64.8 Å². The fourth-order valence-electron chi connectivity index (χ4n) is 13.3. The summed E-state index contributed by atoms with van der Waals surface area (Å²) in [7, 11) is 1.89. The van der Waals surface area contributed by atoms with Crippen LogP contribution in [0.4, 0.5) is 5.69 Å². The van der Waals surface area contributed by atoms with Crippen LogP contribution in [0.3, 0.4) is 0 Å². The molecule has 4 fully saturated rings. The predicted molar refractivity (Wildman–Crippen MR) is 179 cm³/mol. The average Bonchev–Trinajstić information content (AvgIpc) is 3.73. The Kier molecular flexibility index (Phi) is 5.69. The smallest absolute Gasteiger partial charge is 0.121 e. The maximum atomic E-state index is 12.1. The summed E-state index contributed by atoms with van der Waals surface area (Å²) in [5.74, 6) is 0.500. The van der Waals surface area contributed by atoms with Gasteiger partial charge in [0.2, 0.25) is 0 Å². The van der Waals surface area contributed by atoms with E-state index in [1.807, 2.05) is 7.11 Å². The van der Waals surface area contributed by atoms with Crippen molar-refractivity contribution >= 4 is 16.6 Å². The molecular formula is C39H50N4O2. The van der Waals surface area contributed by atoms with E-state index in [4.69, 9.17) is 4.84 Å². The summed E-state index contributed by atoms with van der Waals surface area (Å²) in [5, 5.41) is 15.8. The Balaban J connectivity index is 1.24. The second kappa shape index (κ2) is 9.29. The normalized spacial score (nSPS) is 38.2. The van der Waals surface area contributed by atoms with Crippen molar-refractivity contribution in [1.82, 2.24) is 14.4 Å². The van der Waals surface area contributed by atoms with Gasteiger partial charge < -0.3 is 9.67 Å². The summed E-state index contributed by atoms with van der Waals surface area (Å²) < 4.78 is 2.79. The van der Waals surface area contributed by atoms with Crippen LogP contribution < -0.4 is 5.06 Å². The third-order valence-corrected chi connectivity index (χ3v) is 14.9. The molecule has 1 aromatic heterocycles. The molecule has 3 aromatic rings. The van der Waals surface area contributed by atoms with Gasteiger partial charge in [-0.1, -0.05) is 38.1 Å². The molecule has 6 nitrogen and oxygen atoms in total. The summed E-state index contributed by atoms with van der Waals surface area (Å²) in [5.41, 5.74) is 8.93. The lowest BCUT2D eigenvalue weighted by Crippen LogP contribution is -2.64. The van der Waals surface area contributed by atoms with Crippen molar-refractivity contribution in [1.29, 1.82) is 0 Å². The molecule has 0 radical (unpaired) electrons. The van der Waals surface area contributed by atoms with E-state index in [1.165, 1.54) is 92.3 Å². The number of piperidine rings is 2. The van der Waals surface area contributed by atoms with Crippen molar-refractivity contribution in [2.24, 2.45) is 10.8 Å². The first-order valence-electron chi connectivity index (χ1n) is 18.3. The van der Waals surface area contributed by atoms with Gasteiger partial charge in [0.15, 0.2) is 0 Å². The van der Waals surface area contributed by atoms with Crippen LogP contribution in [0.5, 0.6) is 5.75 Å². The van der Waals surface area contributed by atoms with E-state index in [0.29, 0.717) is 23.2 Å². The van der Waals surface area contributed by atoms with Crippen LogP contribution in [0.15, 0.2) is 36.4 Å². The number of para-hydroxylation sites is 1. The summed E-state index contributed by atoms with van der Waals surface area (Å²) in [6.45, 7) is 9.65. The van der Waals surface area contributed by atoms with Crippen molar-refractivity contribution in [3.05, 3.63) is 58.8 Å². The number of nitrogens with zero attached hydrogens (tertiary/aromatic N) is 4. The quantitative estimate of drug-likeness (QED) is 0.334. The van der Waals surface area contributed by atoms with Crippen LogP contribution in [-0.2, 0) is 16.7 Å². The predicted octanol–water partition coefficient (Wildman–Crippen LogP) is 7.48. The second-order valence-corrected chi connectivity index (χ2v) is 16.0. The van der Waals surface area contributed by atoms with Crippen LogP contribution in [0.25, 0.3) is 10.9 Å². The summed E-state index contributed by atoms with van der Waals surface area (Å²) in [6.07, 6.45) is 13.5. The fraction of sp³-hybridized carbons (Fsp3) is 0.641. The molecule has 1 N–H and O–H groups in total. The van der Waals surface area contributed by atoms with Gasteiger partial charge in [0, 0.05) is 45.7 Å². The Morgan fingerprint density at radius 2 is 1.69 bits per heavy atom. The van der Waals surface area contributed by atoms with Gasteiger partial charge in [-0.3, -0.25) is 14.6 Å². The van der Waals surface area contributed by atoms with Crippen LogP contribution in [0.2, 0.25) is 0 Å². The van der Waals surface area contributed by atoms with E-state index in [2.05, 4.69) is 69.7 Å². The number of hydrogen-bond acceptors (Lipinski definition) is 5. The first-order valence-corrected chi connectivity index (χ1v) is 18.3. The molecule has 7 aliphatic rings. The van der Waals surface area contributed by atoms with Crippen molar-refractivity contribution in [2.75, 3.05) is 38.4 Å². The fourth-order valence-corrected chi connectivity index (χ4v) is 13.3. The maximum Gasteiger partial charge on any atom is 0.121 e. The molecule has 7 heterocycles. The van der Waals surface area contributed by atoms with E-state index >= 15 is 0 Å².